The molecule has 0 aliphatic rings. The monoisotopic (exact) mass is 349 g/mol. The van der Waals surface area contributed by atoms with Crippen LogP contribution in [0.1, 0.15) is 22.8 Å². The van der Waals surface area contributed by atoms with Crippen molar-refractivity contribution in [2.24, 2.45) is 0 Å². The highest BCUT2D eigenvalue weighted by Gasteiger charge is 2.15. The number of rotatable bonds is 5. The molecule has 6 heteroatoms. The zero-order chi connectivity index (χ0) is 15.4. The van der Waals surface area contributed by atoms with E-state index in [1.165, 1.54) is 25.1 Å². The zero-order valence-corrected chi connectivity index (χ0v) is 12.8. The lowest BCUT2D eigenvalue weighted by molar-refractivity contribution is -0.384. The standard InChI is InChI=1S/C15H12BrNO4/c1-10(18)13-8-12(17(19)20)6-7-15(13)21-9-11-4-2-3-5-14(11)16/h2-8H,9H2,1H3. The van der Waals surface area contributed by atoms with Gasteiger partial charge in [0.1, 0.15) is 12.4 Å². The van der Waals surface area contributed by atoms with Crippen LogP contribution in [0, 0.1) is 10.1 Å². The summed E-state index contributed by atoms with van der Waals surface area (Å²) in [5.74, 6) is 0.0599. The highest BCUT2D eigenvalue weighted by atomic mass is 79.9. The molecule has 0 bridgehead atoms. The molecule has 0 unspecified atom stereocenters. The number of hydrogen-bond donors (Lipinski definition) is 0. The van der Waals surface area contributed by atoms with Crippen molar-refractivity contribution in [3.8, 4) is 5.75 Å². The van der Waals surface area contributed by atoms with Gasteiger partial charge in [-0.15, -0.1) is 0 Å². The molecule has 0 amide bonds. The van der Waals surface area contributed by atoms with Crippen LogP contribution in [0.2, 0.25) is 0 Å². The van der Waals surface area contributed by atoms with E-state index in [0.29, 0.717) is 5.75 Å². The van der Waals surface area contributed by atoms with E-state index in [9.17, 15) is 14.9 Å². The lowest BCUT2D eigenvalue weighted by Gasteiger charge is -2.10. The van der Waals surface area contributed by atoms with Crippen LogP contribution in [-0.2, 0) is 6.61 Å². The highest BCUT2D eigenvalue weighted by molar-refractivity contribution is 9.10. The maximum absolute atomic E-state index is 11.6. The van der Waals surface area contributed by atoms with Crippen molar-refractivity contribution in [3.05, 3.63) is 68.2 Å². The van der Waals surface area contributed by atoms with Crippen LogP contribution in [0.5, 0.6) is 5.75 Å². The van der Waals surface area contributed by atoms with Crippen LogP contribution in [0.3, 0.4) is 0 Å². The van der Waals surface area contributed by atoms with Crippen LogP contribution in [0.15, 0.2) is 46.9 Å². The molecule has 0 aliphatic heterocycles. The first kappa shape index (κ1) is 15.2. The number of nitrogens with zero attached hydrogens (tertiary/aromatic N) is 1. The van der Waals surface area contributed by atoms with Crippen molar-refractivity contribution >= 4 is 27.4 Å². The maximum Gasteiger partial charge on any atom is 0.270 e. The highest BCUT2D eigenvalue weighted by Crippen LogP contribution is 2.26. The molecule has 0 atom stereocenters. The molecule has 108 valence electrons. The lowest BCUT2D eigenvalue weighted by atomic mass is 10.1. The normalized spacial score (nSPS) is 10.2. The molecule has 2 aromatic rings. The van der Waals surface area contributed by atoms with Crippen LogP contribution in [0.4, 0.5) is 5.69 Å². The predicted octanol–water partition coefficient (Wildman–Crippen LogP) is 4.14. The Morgan fingerprint density at radius 2 is 2.00 bits per heavy atom. The number of nitro groups is 1. The number of carbonyl (C=O) groups excluding carboxylic acids is 1. The Labute approximate surface area is 129 Å². The molecular formula is C15H12BrNO4. The molecule has 0 radical (unpaired) electrons. The molecule has 2 rings (SSSR count). The smallest absolute Gasteiger partial charge is 0.270 e. The topological polar surface area (TPSA) is 69.4 Å². The first-order valence-corrected chi connectivity index (χ1v) is 6.94. The number of ketones is 1. The summed E-state index contributed by atoms with van der Waals surface area (Å²) in [7, 11) is 0. The largest absolute Gasteiger partial charge is 0.488 e. The molecule has 0 spiro atoms. The maximum atomic E-state index is 11.6. The van der Waals surface area contributed by atoms with Gasteiger partial charge in [0.2, 0.25) is 0 Å². The fourth-order valence-electron chi connectivity index (χ4n) is 1.80. The van der Waals surface area contributed by atoms with E-state index in [2.05, 4.69) is 15.9 Å². The second-order valence-electron chi connectivity index (χ2n) is 4.37. The van der Waals surface area contributed by atoms with Gasteiger partial charge >= 0.3 is 0 Å². The molecule has 0 aliphatic carbocycles. The van der Waals surface area contributed by atoms with E-state index in [1.807, 2.05) is 24.3 Å². The van der Waals surface area contributed by atoms with Crippen LogP contribution >= 0.6 is 15.9 Å². The van der Waals surface area contributed by atoms with Crippen molar-refractivity contribution in [3.63, 3.8) is 0 Å². The van der Waals surface area contributed by atoms with Crippen molar-refractivity contribution in [1.29, 1.82) is 0 Å². The summed E-state index contributed by atoms with van der Waals surface area (Å²) in [6.07, 6.45) is 0. The van der Waals surface area contributed by atoms with E-state index in [-0.39, 0.29) is 23.6 Å². The SMILES string of the molecule is CC(=O)c1cc([N+](=O)[O-])ccc1OCc1ccccc1Br. The van der Waals surface area contributed by atoms with Gasteiger partial charge in [-0.3, -0.25) is 14.9 Å². The van der Waals surface area contributed by atoms with Gasteiger partial charge < -0.3 is 4.74 Å². The second kappa shape index (κ2) is 6.49. The summed E-state index contributed by atoms with van der Waals surface area (Å²) in [6, 6.07) is 11.6. The third-order valence-electron chi connectivity index (χ3n) is 2.89. The van der Waals surface area contributed by atoms with Crippen molar-refractivity contribution in [2.75, 3.05) is 0 Å². The van der Waals surface area contributed by atoms with Gasteiger partial charge in [0.15, 0.2) is 5.78 Å². The van der Waals surface area contributed by atoms with Crippen molar-refractivity contribution in [1.82, 2.24) is 0 Å². The molecule has 5 nitrogen and oxygen atoms in total. The number of benzene rings is 2. The number of non-ortho nitro benzene ring substituents is 1. The van der Waals surface area contributed by atoms with E-state index < -0.39 is 4.92 Å². The molecule has 2 aromatic carbocycles. The third kappa shape index (κ3) is 3.66. The summed E-state index contributed by atoms with van der Waals surface area (Å²) in [5.41, 5.74) is 0.995. The Balaban J connectivity index is 2.26. The summed E-state index contributed by atoms with van der Waals surface area (Å²) in [6.45, 7) is 1.61. The van der Waals surface area contributed by atoms with E-state index in [1.54, 1.807) is 0 Å². The average Bonchev–Trinajstić information content (AvgIpc) is 2.46. The van der Waals surface area contributed by atoms with Gasteiger partial charge in [-0.25, -0.2) is 0 Å². The number of carbonyl (C=O) groups is 1. The minimum absolute atomic E-state index is 0.131. The minimum Gasteiger partial charge on any atom is -0.488 e. The molecule has 0 saturated heterocycles. The van der Waals surface area contributed by atoms with Gasteiger partial charge in [-0.2, -0.15) is 0 Å². The molecular weight excluding hydrogens is 338 g/mol. The predicted molar refractivity (Wildman–Crippen MR) is 81.6 cm³/mol. The Kier molecular flexibility index (Phi) is 4.70. The number of hydrogen-bond acceptors (Lipinski definition) is 4. The number of halogens is 1. The molecule has 0 fully saturated rings. The molecule has 21 heavy (non-hydrogen) atoms. The summed E-state index contributed by atoms with van der Waals surface area (Å²) < 4.78 is 6.53. The quantitative estimate of drug-likeness (QED) is 0.462. The van der Waals surface area contributed by atoms with Crippen LogP contribution in [0.25, 0.3) is 0 Å². The van der Waals surface area contributed by atoms with Crippen LogP contribution < -0.4 is 4.74 Å². The van der Waals surface area contributed by atoms with E-state index >= 15 is 0 Å². The van der Waals surface area contributed by atoms with Gasteiger partial charge in [0, 0.05) is 22.2 Å². The second-order valence-corrected chi connectivity index (χ2v) is 5.23. The Bertz CT molecular complexity index is 700. The zero-order valence-electron chi connectivity index (χ0n) is 11.2. The van der Waals surface area contributed by atoms with Crippen LogP contribution in [-0.4, -0.2) is 10.7 Å². The first-order chi connectivity index (χ1) is 9.99. The fourth-order valence-corrected chi connectivity index (χ4v) is 2.20. The molecule has 0 heterocycles. The van der Waals surface area contributed by atoms with Crippen molar-refractivity contribution in [2.45, 2.75) is 13.5 Å². The number of ether oxygens (including phenoxy) is 1. The Morgan fingerprint density at radius 1 is 1.29 bits per heavy atom. The molecule has 0 N–H and O–H groups in total. The number of Topliss-reactive ketones (excluding diaryl/α,β-unsaturated/α-hetero) is 1. The molecule has 0 aromatic heterocycles. The third-order valence-corrected chi connectivity index (χ3v) is 3.67. The van der Waals surface area contributed by atoms with E-state index in [0.717, 1.165) is 10.0 Å². The summed E-state index contributed by atoms with van der Waals surface area (Å²) in [5, 5.41) is 10.8. The van der Waals surface area contributed by atoms with Gasteiger partial charge in [0.05, 0.1) is 10.5 Å². The fraction of sp³-hybridized carbons (Fsp3) is 0.133. The van der Waals surface area contributed by atoms with E-state index in [4.69, 9.17) is 4.74 Å². The molecule has 0 saturated carbocycles. The van der Waals surface area contributed by atoms with Gasteiger partial charge in [-0.05, 0) is 19.1 Å². The average molecular weight is 350 g/mol. The van der Waals surface area contributed by atoms with Gasteiger partial charge in [0.25, 0.3) is 5.69 Å². The summed E-state index contributed by atoms with van der Waals surface area (Å²) >= 11 is 3.41. The first-order valence-electron chi connectivity index (χ1n) is 6.14. The Hall–Kier alpha value is -2.21. The Morgan fingerprint density at radius 3 is 2.62 bits per heavy atom. The summed E-state index contributed by atoms with van der Waals surface area (Å²) in [4.78, 5) is 21.8. The van der Waals surface area contributed by atoms with Gasteiger partial charge in [-0.1, -0.05) is 34.1 Å². The minimum atomic E-state index is -0.538. The lowest BCUT2D eigenvalue weighted by Crippen LogP contribution is -2.03. The van der Waals surface area contributed by atoms with Crippen molar-refractivity contribution < 1.29 is 14.5 Å². The number of nitro benzene ring substituents is 1.